The summed E-state index contributed by atoms with van der Waals surface area (Å²) in [5.41, 5.74) is -0.873. The van der Waals surface area contributed by atoms with Gasteiger partial charge in [0.25, 0.3) is 0 Å². The Morgan fingerprint density at radius 2 is 1.97 bits per heavy atom. The summed E-state index contributed by atoms with van der Waals surface area (Å²) in [5.74, 6) is -2.47. The normalized spacial score (nSPS) is 29.8. The zero-order chi connectivity index (χ0) is 24.0. The molecular weight excluding hydrogens is 420 g/mol. The molecule has 3 heterocycles. The van der Waals surface area contributed by atoms with E-state index in [1.165, 1.54) is 0 Å². The molecule has 1 spiro atoms. The highest BCUT2D eigenvalue weighted by Crippen LogP contribution is 2.56. The van der Waals surface area contributed by atoms with E-state index in [0.717, 1.165) is 5.56 Å². The molecule has 7 heteroatoms. The standard InChI is InChI=1S/C26H32N2O5/c1-6-15-27(16-17-11-9-8-10-12-17)23(30)21-26-14-13-18(33-26)19(24(31)32-7-2)20(26)22(29)28(21)25(3,4)5/h6,8-14,18-21H,1,7,15-16H2,2-5H3/t18?,19-,20-,21+,26?/m0/s1. The van der Waals surface area contributed by atoms with Crippen molar-refractivity contribution in [3.63, 3.8) is 0 Å². The van der Waals surface area contributed by atoms with E-state index in [-0.39, 0.29) is 18.4 Å². The van der Waals surface area contributed by atoms with Crippen molar-refractivity contribution in [1.29, 1.82) is 0 Å². The van der Waals surface area contributed by atoms with Gasteiger partial charge in [0.15, 0.2) is 0 Å². The lowest BCUT2D eigenvalue weighted by atomic mass is 9.74. The smallest absolute Gasteiger partial charge is 0.312 e. The quantitative estimate of drug-likeness (QED) is 0.470. The zero-order valence-electron chi connectivity index (χ0n) is 19.7. The summed E-state index contributed by atoms with van der Waals surface area (Å²) in [6.45, 7) is 12.2. The number of ether oxygens (including phenoxy) is 2. The summed E-state index contributed by atoms with van der Waals surface area (Å²) in [7, 11) is 0. The lowest BCUT2D eigenvalue weighted by molar-refractivity contribution is -0.156. The van der Waals surface area contributed by atoms with Crippen LogP contribution in [-0.2, 0) is 30.4 Å². The average Bonchev–Trinajstić information content (AvgIpc) is 3.41. The number of carbonyl (C=O) groups is 3. The predicted molar refractivity (Wildman–Crippen MR) is 123 cm³/mol. The van der Waals surface area contributed by atoms with Crippen LogP contribution in [0.1, 0.15) is 33.3 Å². The molecule has 2 unspecified atom stereocenters. The van der Waals surface area contributed by atoms with E-state index in [1.807, 2.05) is 57.2 Å². The van der Waals surface area contributed by atoms with Gasteiger partial charge in [-0.15, -0.1) is 6.58 Å². The Morgan fingerprint density at radius 1 is 1.27 bits per heavy atom. The number of likely N-dealkylation sites (tertiary alicyclic amines) is 1. The van der Waals surface area contributed by atoms with Gasteiger partial charge in [0.05, 0.1) is 18.6 Å². The summed E-state index contributed by atoms with van der Waals surface area (Å²) in [6, 6.07) is 8.81. The first kappa shape index (κ1) is 23.2. The molecule has 2 bridgehead atoms. The van der Waals surface area contributed by atoms with Crippen LogP contribution in [0.4, 0.5) is 0 Å². The van der Waals surface area contributed by atoms with E-state index in [9.17, 15) is 14.4 Å². The molecule has 2 saturated heterocycles. The van der Waals surface area contributed by atoms with Gasteiger partial charge in [0, 0.05) is 18.6 Å². The Bertz CT molecular complexity index is 982. The van der Waals surface area contributed by atoms with E-state index < -0.39 is 41.1 Å². The lowest BCUT2D eigenvalue weighted by Crippen LogP contribution is -2.59. The monoisotopic (exact) mass is 452 g/mol. The van der Waals surface area contributed by atoms with Gasteiger partial charge in [0.2, 0.25) is 11.8 Å². The summed E-state index contributed by atoms with van der Waals surface area (Å²) in [5, 5.41) is 0. The Balaban J connectivity index is 1.76. The van der Waals surface area contributed by atoms with Crippen molar-refractivity contribution < 1.29 is 23.9 Å². The van der Waals surface area contributed by atoms with Gasteiger partial charge < -0.3 is 19.3 Å². The highest BCUT2D eigenvalue weighted by atomic mass is 16.6. The molecule has 7 nitrogen and oxygen atoms in total. The van der Waals surface area contributed by atoms with Crippen molar-refractivity contribution in [2.75, 3.05) is 13.2 Å². The maximum atomic E-state index is 14.1. The van der Waals surface area contributed by atoms with Gasteiger partial charge in [-0.2, -0.15) is 0 Å². The first-order valence-corrected chi connectivity index (χ1v) is 11.5. The van der Waals surface area contributed by atoms with E-state index in [0.29, 0.717) is 13.1 Å². The van der Waals surface area contributed by atoms with Crippen molar-refractivity contribution in [2.45, 2.75) is 57.5 Å². The number of benzene rings is 1. The topological polar surface area (TPSA) is 76.2 Å². The maximum absolute atomic E-state index is 14.1. The summed E-state index contributed by atoms with van der Waals surface area (Å²) >= 11 is 0. The van der Waals surface area contributed by atoms with Gasteiger partial charge in [-0.3, -0.25) is 14.4 Å². The molecule has 3 aliphatic heterocycles. The third-order valence-corrected chi connectivity index (χ3v) is 6.67. The van der Waals surface area contributed by atoms with Gasteiger partial charge in [-0.25, -0.2) is 0 Å². The minimum Gasteiger partial charge on any atom is -0.466 e. The summed E-state index contributed by atoms with van der Waals surface area (Å²) in [4.78, 5) is 44.0. The Kier molecular flexibility index (Phi) is 5.95. The molecule has 5 atom stereocenters. The van der Waals surface area contributed by atoms with Crippen molar-refractivity contribution in [3.05, 3.63) is 60.7 Å². The molecule has 1 aromatic carbocycles. The third-order valence-electron chi connectivity index (χ3n) is 6.67. The molecule has 33 heavy (non-hydrogen) atoms. The SMILES string of the molecule is C=CCN(Cc1ccccc1)C(=O)[C@H]1N(C(C)(C)C)C(=O)[C@@H]2[C@@H](C(=O)OCC)C3C=CC21O3. The molecule has 0 aliphatic carbocycles. The zero-order valence-corrected chi connectivity index (χ0v) is 19.7. The Hall–Kier alpha value is -2.93. The molecular formula is C26H32N2O5. The van der Waals surface area contributed by atoms with Crippen LogP contribution in [0, 0.1) is 11.8 Å². The van der Waals surface area contributed by atoms with Crippen molar-refractivity contribution >= 4 is 17.8 Å². The number of esters is 1. The second kappa shape index (κ2) is 8.45. The summed E-state index contributed by atoms with van der Waals surface area (Å²) in [6.07, 6.45) is 4.72. The molecule has 0 N–H and O–H groups in total. The second-order valence-electron chi connectivity index (χ2n) is 9.83. The van der Waals surface area contributed by atoms with E-state index in [1.54, 1.807) is 28.9 Å². The van der Waals surface area contributed by atoms with Crippen LogP contribution < -0.4 is 0 Å². The number of hydrogen-bond acceptors (Lipinski definition) is 5. The molecule has 176 valence electrons. The average molecular weight is 453 g/mol. The Labute approximate surface area is 195 Å². The molecule has 3 aliphatic rings. The lowest BCUT2D eigenvalue weighted by Gasteiger charge is -2.41. The first-order chi connectivity index (χ1) is 15.7. The van der Waals surface area contributed by atoms with E-state index in [4.69, 9.17) is 9.47 Å². The maximum Gasteiger partial charge on any atom is 0.312 e. The fourth-order valence-electron chi connectivity index (χ4n) is 5.45. The Morgan fingerprint density at radius 3 is 2.58 bits per heavy atom. The highest BCUT2D eigenvalue weighted by molar-refractivity contribution is 5.99. The number of fused-ring (bicyclic) bond motifs is 1. The molecule has 2 amide bonds. The molecule has 1 aromatic rings. The van der Waals surface area contributed by atoms with Crippen molar-refractivity contribution in [3.8, 4) is 0 Å². The van der Waals surface area contributed by atoms with Gasteiger partial charge in [0.1, 0.15) is 17.6 Å². The number of hydrogen-bond donors (Lipinski definition) is 0. The van der Waals surface area contributed by atoms with Gasteiger partial charge >= 0.3 is 5.97 Å². The fourth-order valence-corrected chi connectivity index (χ4v) is 5.45. The number of amides is 2. The van der Waals surface area contributed by atoms with Crippen LogP contribution in [-0.4, -0.2) is 64.0 Å². The van der Waals surface area contributed by atoms with Crippen LogP contribution in [0.2, 0.25) is 0 Å². The van der Waals surface area contributed by atoms with Crippen molar-refractivity contribution in [1.82, 2.24) is 9.80 Å². The number of nitrogens with zero attached hydrogens (tertiary/aromatic N) is 2. The van der Waals surface area contributed by atoms with Crippen LogP contribution in [0.3, 0.4) is 0 Å². The van der Waals surface area contributed by atoms with Crippen LogP contribution >= 0.6 is 0 Å². The third kappa shape index (κ3) is 3.68. The van der Waals surface area contributed by atoms with Gasteiger partial charge in [-0.05, 0) is 33.3 Å². The first-order valence-electron chi connectivity index (χ1n) is 11.5. The predicted octanol–water partition coefficient (Wildman–Crippen LogP) is 2.71. The number of rotatable bonds is 7. The highest BCUT2D eigenvalue weighted by Gasteiger charge is 2.74. The van der Waals surface area contributed by atoms with E-state index in [2.05, 4.69) is 6.58 Å². The number of carbonyl (C=O) groups excluding carboxylic acids is 3. The largest absolute Gasteiger partial charge is 0.466 e. The van der Waals surface area contributed by atoms with Crippen LogP contribution in [0.15, 0.2) is 55.1 Å². The summed E-state index contributed by atoms with van der Waals surface area (Å²) < 4.78 is 11.6. The van der Waals surface area contributed by atoms with Crippen LogP contribution in [0.5, 0.6) is 0 Å². The fraction of sp³-hybridized carbons (Fsp3) is 0.500. The minimum absolute atomic E-state index is 0.217. The molecule has 0 aromatic heterocycles. The molecule has 2 fully saturated rings. The molecule has 0 radical (unpaired) electrons. The molecule has 4 rings (SSSR count). The van der Waals surface area contributed by atoms with Gasteiger partial charge in [-0.1, -0.05) is 48.6 Å². The molecule has 0 saturated carbocycles. The van der Waals surface area contributed by atoms with Crippen LogP contribution in [0.25, 0.3) is 0 Å². The minimum atomic E-state index is -1.19. The van der Waals surface area contributed by atoms with E-state index >= 15 is 0 Å². The van der Waals surface area contributed by atoms with Crippen molar-refractivity contribution in [2.24, 2.45) is 11.8 Å². The second-order valence-corrected chi connectivity index (χ2v) is 9.83.